The molecule has 6 heteroatoms. The lowest BCUT2D eigenvalue weighted by Gasteiger charge is -2.42. The van der Waals surface area contributed by atoms with Crippen molar-refractivity contribution in [2.24, 2.45) is 5.92 Å². The van der Waals surface area contributed by atoms with Crippen molar-refractivity contribution >= 4 is 11.8 Å². The lowest BCUT2D eigenvalue weighted by atomic mass is 9.90. The second kappa shape index (κ2) is 9.67. The molecule has 1 aromatic heterocycles. The largest absolute Gasteiger partial charge is 0.361 e. The topological polar surface area (TPSA) is 71.5 Å². The van der Waals surface area contributed by atoms with E-state index < -0.39 is 5.60 Å². The number of carbonyl (C=O) groups is 2. The minimum Gasteiger partial charge on any atom is -0.361 e. The Labute approximate surface area is 178 Å². The van der Waals surface area contributed by atoms with E-state index in [2.05, 4.69) is 16.9 Å². The van der Waals surface area contributed by atoms with Gasteiger partial charge in [0, 0.05) is 37.8 Å². The SMILES string of the molecule is C=CCNC(=O)C1(Cc2ccc(-c3cccnc3)cc2)CN(C(=O)C(C)C)CCO1. The average Bonchev–Trinajstić information content (AvgIpc) is 2.78. The van der Waals surface area contributed by atoms with E-state index in [-0.39, 0.29) is 24.3 Å². The Hall–Kier alpha value is -2.99. The molecule has 2 heterocycles. The number of aromatic nitrogens is 1. The third kappa shape index (κ3) is 4.94. The van der Waals surface area contributed by atoms with E-state index in [0.717, 1.165) is 16.7 Å². The molecule has 1 N–H and O–H groups in total. The lowest BCUT2D eigenvalue weighted by molar-refractivity contribution is -0.167. The summed E-state index contributed by atoms with van der Waals surface area (Å²) in [4.78, 5) is 31.6. The number of benzene rings is 1. The van der Waals surface area contributed by atoms with Crippen LogP contribution in [0.15, 0.2) is 61.4 Å². The number of nitrogens with one attached hydrogen (secondary N) is 1. The van der Waals surface area contributed by atoms with Crippen LogP contribution in [0.25, 0.3) is 11.1 Å². The quantitative estimate of drug-likeness (QED) is 0.717. The van der Waals surface area contributed by atoms with Gasteiger partial charge < -0.3 is 15.0 Å². The van der Waals surface area contributed by atoms with Gasteiger partial charge in [0.15, 0.2) is 5.60 Å². The molecular weight excluding hydrogens is 378 g/mol. The smallest absolute Gasteiger partial charge is 0.254 e. The summed E-state index contributed by atoms with van der Waals surface area (Å²) in [6, 6.07) is 11.9. The van der Waals surface area contributed by atoms with Gasteiger partial charge in [0.2, 0.25) is 5.91 Å². The van der Waals surface area contributed by atoms with Crippen molar-refractivity contribution in [2.45, 2.75) is 25.9 Å². The Morgan fingerprint density at radius 3 is 2.67 bits per heavy atom. The monoisotopic (exact) mass is 407 g/mol. The van der Waals surface area contributed by atoms with Crippen molar-refractivity contribution in [1.82, 2.24) is 15.2 Å². The van der Waals surface area contributed by atoms with E-state index in [4.69, 9.17) is 4.74 Å². The van der Waals surface area contributed by atoms with Gasteiger partial charge in [-0.05, 0) is 22.8 Å². The molecule has 6 nitrogen and oxygen atoms in total. The Morgan fingerprint density at radius 2 is 2.03 bits per heavy atom. The van der Waals surface area contributed by atoms with Crippen molar-refractivity contribution in [3.05, 3.63) is 67.0 Å². The standard InChI is InChI=1S/C24H29N3O3/c1-4-11-26-23(29)24(17-27(13-14-30-24)22(28)18(2)3)15-19-7-9-20(10-8-19)21-6-5-12-25-16-21/h4-10,12,16,18H,1,11,13-15,17H2,2-3H3,(H,26,29). The number of hydrogen-bond donors (Lipinski definition) is 1. The van der Waals surface area contributed by atoms with Crippen LogP contribution in [0.4, 0.5) is 0 Å². The van der Waals surface area contributed by atoms with E-state index in [9.17, 15) is 9.59 Å². The number of morpholine rings is 1. The van der Waals surface area contributed by atoms with Crippen LogP contribution >= 0.6 is 0 Å². The van der Waals surface area contributed by atoms with Crippen molar-refractivity contribution < 1.29 is 14.3 Å². The van der Waals surface area contributed by atoms with E-state index in [1.165, 1.54) is 0 Å². The predicted octanol–water partition coefficient (Wildman–Crippen LogP) is 2.85. The molecule has 3 rings (SSSR count). The van der Waals surface area contributed by atoms with Gasteiger partial charge in [-0.25, -0.2) is 0 Å². The fourth-order valence-electron chi connectivity index (χ4n) is 3.67. The number of hydrogen-bond acceptors (Lipinski definition) is 4. The number of pyridine rings is 1. The number of amides is 2. The first kappa shape index (κ1) is 21.7. The van der Waals surface area contributed by atoms with E-state index in [1.54, 1.807) is 17.2 Å². The van der Waals surface area contributed by atoms with Crippen LogP contribution in [-0.2, 0) is 20.7 Å². The molecule has 30 heavy (non-hydrogen) atoms. The Kier molecular flexibility index (Phi) is 7.00. The molecule has 0 aliphatic carbocycles. The molecule has 1 aliphatic rings. The van der Waals surface area contributed by atoms with Gasteiger partial charge in [0.25, 0.3) is 5.91 Å². The average molecular weight is 408 g/mol. The lowest BCUT2D eigenvalue weighted by Crippen LogP contribution is -2.62. The maximum absolute atomic E-state index is 13.1. The molecule has 1 aromatic carbocycles. The zero-order valence-corrected chi connectivity index (χ0v) is 17.6. The summed E-state index contributed by atoms with van der Waals surface area (Å²) in [6.07, 6.45) is 5.58. The second-order valence-electron chi connectivity index (χ2n) is 7.87. The molecule has 1 fully saturated rings. The molecule has 0 saturated carbocycles. The van der Waals surface area contributed by atoms with Crippen molar-refractivity contribution in [3.8, 4) is 11.1 Å². The third-order valence-electron chi connectivity index (χ3n) is 5.25. The van der Waals surface area contributed by atoms with Crippen LogP contribution < -0.4 is 5.32 Å². The first-order chi connectivity index (χ1) is 14.4. The summed E-state index contributed by atoms with van der Waals surface area (Å²) in [5, 5.41) is 2.86. The maximum atomic E-state index is 13.1. The Balaban J connectivity index is 1.84. The van der Waals surface area contributed by atoms with Gasteiger partial charge in [0.05, 0.1) is 13.2 Å². The molecule has 0 radical (unpaired) electrons. The highest BCUT2D eigenvalue weighted by molar-refractivity contribution is 5.87. The molecular formula is C24H29N3O3. The van der Waals surface area contributed by atoms with Gasteiger partial charge in [-0.15, -0.1) is 6.58 Å². The molecule has 0 bridgehead atoms. The van der Waals surface area contributed by atoms with Crippen LogP contribution in [0, 0.1) is 5.92 Å². The van der Waals surface area contributed by atoms with Crippen LogP contribution in [0.5, 0.6) is 0 Å². The first-order valence-electron chi connectivity index (χ1n) is 10.3. The molecule has 1 saturated heterocycles. The summed E-state index contributed by atoms with van der Waals surface area (Å²) in [7, 11) is 0. The van der Waals surface area contributed by atoms with E-state index in [0.29, 0.717) is 26.1 Å². The molecule has 158 valence electrons. The van der Waals surface area contributed by atoms with Crippen LogP contribution in [0.3, 0.4) is 0 Å². The number of carbonyl (C=O) groups excluding carboxylic acids is 2. The van der Waals surface area contributed by atoms with Gasteiger partial charge in [-0.1, -0.05) is 50.3 Å². The zero-order chi connectivity index (χ0) is 21.6. The third-order valence-corrected chi connectivity index (χ3v) is 5.25. The molecule has 2 amide bonds. The normalized spacial score (nSPS) is 18.8. The Bertz CT molecular complexity index is 880. The van der Waals surface area contributed by atoms with Gasteiger partial charge in [0.1, 0.15) is 0 Å². The molecule has 0 spiro atoms. The molecule has 1 atom stereocenters. The molecule has 1 unspecified atom stereocenters. The highest BCUT2D eigenvalue weighted by atomic mass is 16.5. The van der Waals surface area contributed by atoms with E-state index >= 15 is 0 Å². The number of ether oxygens (including phenoxy) is 1. The fraction of sp³-hybridized carbons (Fsp3) is 0.375. The number of nitrogens with zero attached hydrogens (tertiary/aromatic N) is 2. The summed E-state index contributed by atoms with van der Waals surface area (Å²) in [5.41, 5.74) is 1.93. The summed E-state index contributed by atoms with van der Waals surface area (Å²) in [6.45, 7) is 8.81. The highest BCUT2D eigenvalue weighted by Crippen LogP contribution is 2.27. The number of rotatable bonds is 7. The highest BCUT2D eigenvalue weighted by Gasteiger charge is 2.45. The summed E-state index contributed by atoms with van der Waals surface area (Å²) < 4.78 is 6.05. The van der Waals surface area contributed by atoms with Gasteiger partial charge in [-0.3, -0.25) is 14.6 Å². The van der Waals surface area contributed by atoms with E-state index in [1.807, 2.05) is 56.4 Å². The van der Waals surface area contributed by atoms with Crippen LogP contribution in [0.2, 0.25) is 0 Å². The fourth-order valence-corrected chi connectivity index (χ4v) is 3.67. The maximum Gasteiger partial charge on any atom is 0.254 e. The van der Waals surface area contributed by atoms with Gasteiger partial charge in [-0.2, -0.15) is 0 Å². The summed E-state index contributed by atoms with van der Waals surface area (Å²) in [5.74, 6) is -0.318. The molecule has 2 aromatic rings. The van der Waals surface area contributed by atoms with Crippen LogP contribution in [-0.4, -0.2) is 53.5 Å². The second-order valence-corrected chi connectivity index (χ2v) is 7.87. The first-order valence-corrected chi connectivity index (χ1v) is 10.3. The van der Waals surface area contributed by atoms with Crippen LogP contribution in [0.1, 0.15) is 19.4 Å². The minimum atomic E-state index is -1.12. The van der Waals surface area contributed by atoms with Crippen molar-refractivity contribution in [3.63, 3.8) is 0 Å². The predicted molar refractivity (Wildman–Crippen MR) is 117 cm³/mol. The molecule has 1 aliphatic heterocycles. The van der Waals surface area contributed by atoms with Gasteiger partial charge >= 0.3 is 0 Å². The minimum absolute atomic E-state index is 0.0334. The van der Waals surface area contributed by atoms with Crippen molar-refractivity contribution in [1.29, 1.82) is 0 Å². The zero-order valence-electron chi connectivity index (χ0n) is 17.6. The Morgan fingerprint density at radius 1 is 1.27 bits per heavy atom. The summed E-state index contributed by atoms with van der Waals surface area (Å²) >= 11 is 0. The van der Waals surface area contributed by atoms with Crippen molar-refractivity contribution in [2.75, 3.05) is 26.2 Å².